The standard InChI is InChI=1S/C12H12F4N6O2/c1-3(23)8-4(13)5(14)9(20-19-8)12(24)18-11-7(16)6(15)10(17-2)21-22-11/h17,19-22H,1-2H3,(H,18,24). The van der Waals surface area contributed by atoms with E-state index in [1.165, 1.54) is 7.05 Å². The van der Waals surface area contributed by atoms with Gasteiger partial charge in [-0.15, -0.1) is 0 Å². The van der Waals surface area contributed by atoms with Crippen LogP contribution in [0.15, 0.2) is 46.3 Å². The molecule has 0 fully saturated rings. The molecular weight excluding hydrogens is 336 g/mol. The van der Waals surface area contributed by atoms with Gasteiger partial charge in [0.2, 0.25) is 11.7 Å². The number of carbonyl (C=O) groups is 2. The average molecular weight is 348 g/mol. The van der Waals surface area contributed by atoms with Crippen LogP contribution in [0.25, 0.3) is 0 Å². The second-order valence-electron chi connectivity index (χ2n) is 4.52. The van der Waals surface area contributed by atoms with Crippen molar-refractivity contribution in [1.82, 2.24) is 32.3 Å². The van der Waals surface area contributed by atoms with Crippen molar-refractivity contribution in [2.75, 3.05) is 7.05 Å². The minimum Gasteiger partial charge on any atom is -0.371 e. The third-order valence-corrected chi connectivity index (χ3v) is 2.96. The number of Topliss-reactive ketones (excluding diaryl/α,β-unsaturated/α-hetero) is 1. The van der Waals surface area contributed by atoms with Gasteiger partial charge in [0, 0.05) is 14.0 Å². The minimum absolute atomic E-state index is 0.326. The second-order valence-corrected chi connectivity index (χ2v) is 4.52. The Hall–Kier alpha value is -3.18. The van der Waals surface area contributed by atoms with E-state index in [0.717, 1.165) is 6.92 Å². The first-order valence-electron chi connectivity index (χ1n) is 6.41. The summed E-state index contributed by atoms with van der Waals surface area (Å²) in [7, 11) is 1.32. The number of hydrogen-bond acceptors (Lipinski definition) is 7. The largest absolute Gasteiger partial charge is 0.371 e. The van der Waals surface area contributed by atoms with E-state index in [4.69, 9.17) is 0 Å². The summed E-state index contributed by atoms with van der Waals surface area (Å²) in [6, 6.07) is 0. The van der Waals surface area contributed by atoms with E-state index in [9.17, 15) is 27.2 Å². The molecule has 2 heterocycles. The molecule has 0 aromatic carbocycles. The van der Waals surface area contributed by atoms with Gasteiger partial charge in [0.25, 0.3) is 5.91 Å². The molecule has 24 heavy (non-hydrogen) atoms. The van der Waals surface area contributed by atoms with Gasteiger partial charge in [0.15, 0.2) is 34.8 Å². The number of amides is 1. The maximum atomic E-state index is 13.8. The van der Waals surface area contributed by atoms with Gasteiger partial charge in [-0.05, 0) is 0 Å². The van der Waals surface area contributed by atoms with E-state index in [0.29, 0.717) is 0 Å². The minimum atomic E-state index is -1.66. The van der Waals surface area contributed by atoms with Crippen LogP contribution >= 0.6 is 0 Å². The predicted molar refractivity (Wildman–Crippen MR) is 73.0 cm³/mol. The van der Waals surface area contributed by atoms with E-state index in [-0.39, 0.29) is 5.82 Å². The van der Waals surface area contributed by atoms with Crippen LogP contribution in [-0.4, -0.2) is 18.7 Å². The molecule has 1 amide bonds. The van der Waals surface area contributed by atoms with Crippen molar-refractivity contribution in [2.24, 2.45) is 0 Å². The number of halogens is 4. The molecule has 0 aliphatic carbocycles. The Morgan fingerprint density at radius 3 is 1.88 bits per heavy atom. The summed E-state index contributed by atoms with van der Waals surface area (Å²) in [4.78, 5) is 23.0. The Labute approximate surface area is 132 Å². The van der Waals surface area contributed by atoms with Crippen molar-refractivity contribution < 1.29 is 27.2 Å². The van der Waals surface area contributed by atoms with E-state index in [1.54, 1.807) is 0 Å². The molecule has 0 saturated carbocycles. The topological polar surface area (TPSA) is 106 Å². The molecule has 0 atom stereocenters. The van der Waals surface area contributed by atoms with Gasteiger partial charge in [-0.1, -0.05) is 0 Å². The van der Waals surface area contributed by atoms with Crippen molar-refractivity contribution in [3.05, 3.63) is 46.3 Å². The summed E-state index contributed by atoms with van der Waals surface area (Å²) in [5.41, 5.74) is 6.66. The summed E-state index contributed by atoms with van der Waals surface area (Å²) >= 11 is 0. The van der Waals surface area contributed by atoms with Crippen molar-refractivity contribution in [3.8, 4) is 0 Å². The molecule has 12 heteroatoms. The van der Waals surface area contributed by atoms with Crippen molar-refractivity contribution in [1.29, 1.82) is 0 Å². The smallest absolute Gasteiger partial charge is 0.277 e. The van der Waals surface area contributed by atoms with Crippen LogP contribution in [0.5, 0.6) is 0 Å². The lowest BCUT2D eigenvalue weighted by atomic mass is 10.2. The highest BCUT2D eigenvalue weighted by Gasteiger charge is 2.30. The number of rotatable bonds is 4. The lowest BCUT2D eigenvalue weighted by molar-refractivity contribution is -0.118. The molecule has 0 radical (unpaired) electrons. The van der Waals surface area contributed by atoms with Crippen LogP contribution in [0.1, 0.15) is 6.92 Å². The Bertz CT molecular complexity index is 740. The van der Waals surface area contributed by atoms with Crippen molar-refractivity contribution in [2.45, 2.75) is 6.92 Å². The van der Waals surface area contributed by atoms with E-state index in [2.05, 4.69) is 16.2 Å². The zero-order valence-electron chi connectivity index (χ0n) is 12.3. The molecule has 0 aromatic rings. The van der Waals surface area contributed by atoms with E-state index >= 15 is 0 Å². The summed E-state index contributed by atoms with van der Waals surface area (Å²) in [5, 5.41) is 4.14. The van der Waals surface area contributed by atoms with Gasteiger partial charge >= 0.3 is 0 Å². The van der Waals surface area contributed by atoms with Gasteiger partial charge in [-0.25, -0.2) is 8.78 Å². The first kappa shape index (κ1) is 17.2. The van der Waals surface area contributed by atoms with Gasteiger partial charge in [-0.3, -0.25) is 31.3 Å². The quantitative estimate of drug-likeness (QED) is 0.390. The zero-order chi connectivity index (χ0) is 18.0. The molecule has 0 bridgehead atoms. The third-order valence-electron chi connectivity index (χ3n) is 2.96. The van der Waals surface area contributed by atoms with Crippen LogP contribution in [0, 0.1) is 0 Å². The number of nitrogens with one attached hydrogen (secondary N) is 6. The molecule has 0 spiro atoms. The number of carbonyl (C=O) groups excluding carboxylic acids is 2. The molecule has 8 nitrogen and oxygen atoms in total. The fourth-order valence-corrected chi connectivity index (χ4v) is 1.74. The number of hydrazine groups is 2. The van der Waals surface area contributed by atoms with Gasteiger partial charge in [-0.2, -0.15) is 8.78 Å². The molecular formula is C12H12F4N6O2. The maximum Gasteiger partial charge on any atom is 0.277 e. The second kappa shape index (κ2) is 6.52. The fourth-order valence-electron chi connectivity index (χ4n) is 1.74. The number of ketones is 1. The Morgan fingerprint density at radius 2 is 1.29 bits per heavy atom. The highest BCUT2D eigenvalue weighted by molar-refractivity contribution is 5.98. The average Bonchev–Trinajstić information content (AvgIpc) is 2.54. The Balaban J connectivity index is 2.27. The van der Waals surface area contributed by atoms with Gasteiger partial charge in [0.1, 0.15) is 5.70 Å². The van der Waals surface area contributed by atoms with E-state index in [1.807, 2.05) is 16.2 Å². The van der Waals surface area contributed by atoms with Crippen molar-refractivity contribution >= 4 is 11.7 Å². The zero-order valence-corrected chi connectivity index (χ0v) is 12.3. The van der Waals surface area contributed by atoms with Gasteiger partial charge < -0.3 is 10.6 Å². The monoisotopic (exact) mass is 348 g/mol. The molecule has 2 rings (SSSR count). The Kier molecular flexibility index (Phi) is 4.66. The predicted octanol–water partition coefficient (Wildman–Crippen LogP) is -0.234. The highest BCUT2D eigenvalue weighted by atomic mass is 19.2. The summed E-state index contributed by atoms with van der Waals surface area (Å²) in [5.74, 6) is -9.25. The van der Waals surface area contributed by atoms with E-state index < -0.39 is 52.2 Å². The van der Waals surface area contributed by atoms with Crippen LogP contribution in [-0.2, 0) is 9.59 Å². The van der Waals surface area contributed by atoms with Crippen LogP contribution < -0.4 is 32.3 Å². The normalized spacial score (nSPS) is 17.8. The SMILES string of the molecule is CNC1=C(F)C(F)=C(NC(=O)C2=C(F)C(F)=C(C(C)=O)NN2)NN1. The molecule has 130 valence electrons. The van der Waals surface area contributed by atoms with Crippen LogP contribution in [0.2, 0.25) is 0 Å². The first-order chi connectivity index (χ1) is 11.3. The van der Waals surface area contributed by atoms with Crippen molar-refractivity contribution in [3.63, 3.8) is 0 Å². The number of allylic oxidation sites excluding steroid dienone is 5. The van der Waals surface area contributed by atoms with Crippen LogP contribution in [0.3, 0.4) is 0 Å². The van der Waals surface area contributed by atoms with Gasteiger partial charge in [0.05, 0.1) is 0 Å². The lowest BCUT2D eigenvalue weighted by Crippen LogP contribution is -2.48. The lowest BCUT2D eigenvalue weighted by Gasteiger charge is -2.23. The Morgan fingerprint density at radius 1 is 0.792 bits per heavy atom. The molecule has 2 aliphatic rings. The third kappa shape index (κ3) is 2.98. The van der Waals surface area contributed by atoms with Crippen LogP contribution in [0.4, 0.5) is 17.6 Å². The summed E-state index contributed by atoms with van der Waals surface area (Å²) in [6.45, 7) is 0.980. The maximum absolute atomic E-state index is 13.8. The molecule has 0 aromatic heterocycles. The highest BCUT2D eigenvalue weighted by Crippen LogP contribution is 2.24. The molecule has 6 N–H and O–H groups in total. The summed E-state index contributed by atoms with van der Waals surface area (Å²) < 4.78 is 54.8. The fraction of sp³-hybridized carbons (Fsp3) is 0.167. The number of hydrogen-bond donors (Lipinski definition) is 6. The molecule has 0 saturated heterocycles. The first-order valence-corrected chi connectivity index (χ1v) is 6.41. The summed E-state index contributed by atoms with van der Waals surface area (Å²) in [6.07, 6.45) is 0. The molecule has 2 aliphatic heterocycles. The molecule has 0 unspecified atom stereocenters.